The Kier molecular flexibility index (Phi) is 2.27. The molecule has 0 amide bonds. The molecule has 1 unspecified atom stereocenters. The van der Waals surface area contributed by atoms with E-state index in [4.69, 9.17) is 9.84 Å². The summed E-state index contributed by atoms with van der Waals surface area (Å²) in [5, 5.41) is 8.03. The second-order valence-corrected chi connectivity index (χ2v) is 6.17. The maximum Gasteiger partial charge on any atom is 0.124 e. The molecule has 3 atom stereocenters. The molecule has 1 aromatic rings. The molecule has 3 rings (SSSR count). The molecule has 2 aliphatic rings. The number of rotatable bonds is 2. The maximum absolute atomic E-state index is 5.48. The van der Waals surface area contributed by atoms with E-state index in [0.717, 1.165) is 18.7 Å². The Morgan fingerprint density at radius 2 is 2.00 bits per heavy atom. The Labute approximate surface area is 102 Å². The maximum atomic E-state index is 5.48. The van der Waals surface area contributed by atoms with Crippen LogP contribution in [0.15, 0.2) is 6.07 Å². The first kappa shape index (κ1) is 11.1. The smallest absolute Gasteiger partial charge is 0.124 e. The van der Waals surface area contributed by atoms with Crippen molar-refractivity contribution in [2.24, 2.45) is 0 Å². The molecule has 1 saturated carbocycles. The Bertz CT molecular complexity index is 422. The van der Waals surface area contributed by atoms with E-state index >= 15 is 0 Å². The van der Waals surface area contributed by atoms with Crippen molar-refractivity contribution in [3.8, 4) is 0 Å². The van der Waals surface area contributed by atoms with Gasteiger partial charge in [0.25, 0.3) is 0 Å². The minimum atomic E-state index is 0.0224. The minimum absolute atomic E-state index is 0.0224. The number of hydrogen-bond acceptors (Lipinski definition) is 3. The number of anilines is 1. The standard InChI is InChI=1S/C13H21N3O/c1-13(2,3)16-12(14-4)7-9(15-16)8-5-10-11(6-8)17-10/h7-8,10-11,14H,5-6H2,1-4H3/t8?,10-,11+. The highest BCUT2D eigenvalue weighted by Gasteiger charge is 2.49. The summed E-state index contributed by atoms with van der Waals surface area (Å²) in [5.74, 6) is 1.70. The molecular weight excluding hydrogens is 214 g/mol. The van der Waals surface area contributed by atoms with Crippen molar-refractivity contribution in [3.05, 3.63) is 11.8 Å². The van der Waals surface area contributed by atoms with Crippen molar-refractivity contribution in [3.63, 3.8) is 0 Å². The average molecular weight is 235 g/mol. The van der Waals surface area contributed by atoms with Crippen LogP contribution in [0, 0.1) is 0 Å². The zero-order valence-corrected chi connectivity index (χ0v) is 11.0. The molecule has 1 saturated heterocycles. The first-order chi connectivity index (χ1) is 7.99. The molecule has 1 aromatic heterocycles. The lowest BCUT2D eigenvalue weighted by atomic mass is 10.0. The number of fused-ring (bicyclic) bond motifs is 1. The van der Waals surface area contributed by atoms with Gasteiger partial charge in [0.15, 0.2) is 0 Å². The van der Waals surface area contributed by atoms with Crippen molar-refractivity contribution in [2.75, 3.05) is 12.4 Å². The summed E-state index contributed by atoms with van der Waals surface area (Å²) < 4.78 is 7.58. The average Bonchev–Trinajstić information content (AvgIpc) is 2.75. The summed E-state index contributed by atoms with van der Waals surface area (Å²) in [7, 11) is 1.96. The van der Waals surface area contributed by atoms with Crippen LogP contribution in [0.1, 0.15) is 45.2 Å². The van der Waals surface area contributed by atoms with Gasteiger partial charge in [0.1, 0.15) is 5.82 Å². The fraction of sp³-hybridized carbons (Fsp3) is 0.769. The molecule has 1 N–H and O–H groups in total. The number of nitrogens with zero attached hydrogens (tertiary/aromatic N) is 2. The van der Waals surface area contributed by atoms with E-state index in [0.29, 0.717) is 18.1 Å². The normalized spacial score (nSPS) is 31.4. The van der Waals surface area contributed by atoms with Crippen molar-refractivity contribution < 1.29 is 4.74 Å². The highest BCUT2D eigenvalue weighted by Crippen LogP contribution is 2.47. The third-order valence-electron chi connectivity index (χ3n) is 3.76. The second kappa shape index (κ2) is 3.48. The predicted octanol–water partition coefficient (Wildman–Crippen LogP) is 2.32. The highest BCUT2D eigenvalue weighted by atomic mass is 16.6. The fourth-order valence-corrected chi connectivity index (χ4v) is 2.78. The topological polar surface area (TPSA) is 42.4 Å². The van der Waals surface area contributed by atoms with Gasteiger partial charge in [-0.3, -0.25) is 0 Å². The molecule has 1 aliphatic heterocycles. The molecule has 2 heterocycles. The molecule has 0 bridgehead atoms. The molecule has 0 radical (unpaired) electrons. The first-order valence-electron chi connectivity index (χ1n) is 6.42. The van der Waals surface area contributed by atoms with Gasteiger partial charge in [-0.1, -0.05) is 0 Å². The molecule has 17 heavy (non-hydrogen) atoms. The van der Waals surface area contributed by atoms with Crippen LogP contribution in [0.25, 0.3) is 0 Å². The first-order valence-corrected chi connectivity index (χ1v) is 6.42. The number of hydrogen-bond donors (Lipinski definition) is 1. The summed E-state index contributed by atoms with van der Waals surface area (Å²) in [6.07, 6.45) is 3.35. The summed E-state index contributed by atoms with van der Waals surface area (Å²) in [4.78, 5) is 0. The van der Waals surface area contributed by atoms with Crippen LogP contribution >= 0.6 is 0 Å². The van der Waals surface area contributed by atoms with Gasteiger partial charge in [-0.15, -0.1) is 0 Å². The minimum Gasteiger partial charge on any atom is -0.373 e. The molecule has 1 aliphatic carbocycles. The van der Waals surface area contributed by atoms with Gasteiger partial charge in [-0.05, 0) is 33.6 Å². The Morgan fingerprint density at radius 3 is 2.47 bits per heavy atom. The summed E-state index contributed by atoms with van der Waals surface area (Å²) in [6, 6.07) is 2.20. The Balaban J connectivity index is 1.88. The van der Waals surface area contributed by atoms with Crippen LogP contribution in [0.4, 0.5) is 5.82 Å². The summed E-state index contributed by atoms with van der Waals surface area (Å²) in [6.45, 7) is 6.54. The monoisotopic (exact) mass is 235 g/mol. The van der Waals surface area contributed by atoms with Gasteiger partial charge in [0, 0.05) is 19.0 Å². The van der Waals surface area contributed by atoms with E-state index in [1.807, 2.05) is 7.05 Å². The van der Waals surface area contributed by atoms with E-state index in [1.165, 1.54) is 5.69 Å². The lowest BCUT2D eigenvalue weighted by Crippen LogP contribution is -2.24. The van der Waals surface area contributed by atoms with Gasteiger partial charge in [-0.2, -0.15) is 5.10 Å². The Morgan fingerprint density at radius 1 is 1.35 bits per heavy atom. The van der Waals surface area contributed by atoms with Gasteiger partial charge in [-0.25, -0.2) is 4.68 Å². The third kappa shape index (κ3) is 1.84. The van der Waals surface area contributed by atoms with E-state index < -0.39 is 0 Å². The summed E-state index contributed by atoms with van der Waals surface area (Å²) >= 11 is 0. The number of ether oxygens (including phenoxy) is 1. The molecule has 4 nitrogen and oxygen atoms in total. The van der Waals surface area contributed by atoms with E-state index in [1.54, 1.807) is 0 Å². The molecule has 94 valence electrons. The largest absolute Gasteiger partial charge is 0.373 e. The lowest BCUT2D eigenvalue weighted by Gasteiger charge is -2.22. The van der Waals surface area contributed by atoms with E-state index in [-0.39, 0.29) is 5.54 Å². The quantitative estimate of drug-likeness (QED) is 0.800. The Hall–Kier alpha value is -1.03. The van der Waals surface area contributed by atoms with Crippen LogP contribution in [-0.4, -0.2) is 29.0 Å². The number of epoxide rings is 1. The lowest BCUT2D eigenvalue weighted by molar-refractivity contribution is 0.299. The van der Waals surface area contributed by atoms with Gasteiger partial charge in [0.05, 0.1) is 23.4 Å². The highest BCUT2D eigenvalue weighted by molar-refractivity contribution is 5.39. The number of aromatic nitrogens is 2. The summed E-state index contributed by atoms with van der Waals surface area (Å²) in [5.41, 5.74) is 1.24. The van der Waals surface area contributed by atoms with Crippen LogP contribution < -0.4 is 5.32 Å². The third-order valence-corrected chi connectivity index (χ3v) is 3.76. The predicted molar refractivity (Wildman–Crippen MR) is 67.4 cm³/mol. The molecule has 4 heteroatoms. The van der Waals surface area contributed by atoms with Crippen LogP contribution in [0.5, 0.6) is 0 Å². The molecular formula is C13H21N3O. The van der Waals surface area contributed by atoms with Crippen molar-refractivity contribution >= 4 is 5.82 Å². The van der Waals surface area contributed by atoms with E-state index in [2.05, 4.69) is 36.8 Å². The van der Waals surface area contributed by atoms with Crippen molar-refractivity contribution in [2.45, 2.75) is 57.3 Å². The van der Waals surface area contributed by atoms with Gasteiger partial charge in [0.2, 0.25) is 0 Å². The fourth-order valence-electron chi connectivity index (χ4n) is 2.78. The zero-order valence-electron chi connectivity index (χ0n) is 11.0. The van der Waals surface area contributed by atoms with Crippen molar-refractivity contribution in [1.82, 2.24) is 9.78 Å². The SMILES string of the molecule is CNc1cc(C2C[C@@H]3O[C@@H]3C2)nn1C(C)(C)C. The van der Waals surface area contributed by atoms with E-state index in [9.17, 15) is 0 Å². The second-order valence-electron chi connectivity index (χ2n) is 6.17. The molecule has 0 spiro atoms. The van der Waals surface area contributed by atoms with Crippen LogP contribution in [-0.2, 0) is 10.3 Å². The number of nitrogens with one attached hydrogen (secondary N) is 1. The van der Waals surface area contributed by atoms with Crippen LogP contribution in [0.3, 0.4) is 0 Å². The van der Waals surface area contributed by atoms with Crippen LogP contribution in [0.2, 0.25) is 0 Å². The molecule has 0 aromatic carbocycles. The van der Waals surface area contributed by atoms with Gasteiger partial charge >= 0.3 is 0 Å². The van der Waals surface area contributed by atoms with Crippen molar-refractivity contribution in [1.29, 1.82) is 0 Å². The molecule has 2 fully saturated rings. The zero-order chi connectivity index (χ0) is 12.2. The van der Waals surface area contributed by atoms with Gasteiger partial charge < -0.3 is 10.1 Å².